The first-order chi connectivity index (χ1) is 14.9. The highest BCUT2D eigenvalue weighted by molar-refractivity contribution is 6.09. The van der Waals surface area contributed by atoms with Gasteiger partial charge < -0.3 is 14.6 Å². The Morgan fingerprint density at radius 1 is 1.16 bits per heavy atom. The van der Waals surface area contributed by atoms with Crippen LogP contribution in [-0.4, -0.2) is 17.6 Å². The van der Waals surface area contributed by atoms with Crippen molar-refractivity contribution in [2.45, 2.75) is 34.1 Å². The average Bonchev–Trinajstić information content (AvgIpc) is 3.04. The van der Waals surface area contributed by atoms with E-state index in [1.165, 1.54) is 16.8 Å². The zero-order valence-electron chi connectivity index (χ0n) is 18.6. The molecule has 0 fully saturated rings. The van der Waals surface area contributed by atoms with Crippen LogP contribution in [0.25, 0.3) is 11.8 Å². The third kappa shape index (κ3) is 4.54. The summed E-state index contributed by atoms with van der Waals surface area (Å²) < 4.78 is 7.34. The lowest BCUT2D eigenvalue weighted by Gasteiger charge is -2.17. The van der Waals surface area contributed by atoms with E-state index in [2.05, 4.69) is 41.9 Å². The molecule has 2 aromatic carbocycles. The SMILES string of the molecule is CCc1cccc(C)c1-n1c(C)cc(/C=C(\C#N)C(=O)Nc2ccc(OC)cc2)c1C. The molecule has 0 atom stereocenters. The van der Waals surface area contributed by atoms with E-state index < -0.39 is 5.91 Å². The molecule has 1 aromatic heterocycles. The number of hydrogen-bond donors (Lipinski definition) is 1. The number of aromatic nitrogens is 1. The van der Waals surface area contributed by atoms with E-state index in [1.54, 1.807) is 37.5 Å². The average molecular weight is 414 g/mol. The van der Waals surface area contributed by atoms with E-state index in [4.69, 9.17) is 4.74 Å². The standard InChI is InChI=1S/C26H27N3O2/c1-6-20-9-7-8-17(2)25(20)29-18(3)14-21(19(29)4)15-22(16-27)26(30)28-23-10-12-24(31-5)13-11-23/h7-15H,6H2,1-5H3,(H,28,30)/b22-15+. The van der Waals surface area contributed by atoms with Gasteiger partial charge in [-0.25, -0.2) is 0 Å². The first-order valence-corrected chi connectivity index (χ1v) is 10.2. The van der Waals surface area contributed by atoms with E-state index in [0.717, 1.165) is 23.4 Å². The molecule has 5 nitrogen and oxygen atoms in total. The number of methoxy groups -OCH3 is 1. The summed E-state index contributed by atoms with van der Waals surface area (Å²) in [5.74, 6) is 0.256. The van der Waals surface area contributed by atoms with Crippen molar-refractivity contribution in [1.29, 1.82) is 5.26 Å². The summed E-state index contributed by atoms with van der Waals surface area (Å²) in [6.45, 7) is 8.30. The molecule has 31 heavy (non-hydrogen) atoms. The molecular formula is C26H27N3O2. The summed E-state index contributed by atoms with van der Waals surface area (Å²) in [6.07, 6.45) is 2.58. The molecule has 0 unspecified atom stereocenters. The molecule has 0 spiro atoms. The third-order valence-electron chi connectivity index (χ3n) is 5.41. The van der Waals surface area contributed by atoms with Gasteiger partial charge in [-0.15, -0.1) is 0 Å². The number of ether oxygens (including phenoxy) is 1. The molecule has 3 rings (SSSR count). The van der Waals surface area contributed by atoms with Gasteiger partial charge >= 0.3 is 0 Å². The Morgan fingerprint density at radius 3 is 2.48 bits per heavy atom. The molecule has 0 saturated carbocycles. The molecule has 1 heterocycles. The first-order valence-electron chi connectivity index (χ1n) is 10.2. The van der Waals surface area contributed by atoms with Crippen LogP contribution in [-0.2, 0) is 11.2 Å². The number of para-hydroxylation sites is 1. The minimum absolute atomic E-state index is 0.0524. The fourth-order valence-corrected chi connectivity index (χ4v) is 3.78. The molecule has 158 valence electrons. The highest BCUT2D eigenvalue weighted by Gasteiger charge is 2.16. The van der Waals surface area contributed by atoms with Crippen molar-refractivity contribution in [3.05, 3.63) is 82.2 Å². The van der Waals surface area contributed by atoms with Crippen LogP contribution in [0.4, 0.5) is 5.69 Å². The number of carbonyl (C=O) groups is 1. The molecular weight excluding hydrogens is 386 g/mol. The second-order valence-electron chi connectivity index (χ2n) is 7.45. The molecule has 0 aliphatic heterocycles. The Labute approximate surface area is 183 Å². The molecule has 3 aromatic rings. The van der Waals surface area contributed by atoms with Gasteiger partial charge in [0.25, 0.3) is 5.91 Å². The number of nitriles is 1. The lowest BCUT2D eigenvalue weighted by molar-refractivity contribution is -0.112. The lowest BCUT2D eigenvalue weighted by atomic mass is 10.1. The highest BCUT2D eigenvalue weighted by Crippen LogP contribution is 2.28. The number of carbonyl (C=O) groups excluding carboxylic acids is 1. The summed E-state index contributed by atoms with van der Waals surface area (Å²) in [5, 5.41) is 12.4. The Hall–Kier alpha value is -3.78. The second kappa shape index (κ2) is 9.36. The van der Waals surface area contributed by atoms with Gasteiger partial charge in [-0.2, -0.15) is 5.26 Å². The monoisotopic (exact) mass is 413 g/mol. The summed E-state index contributed by atoms with van der Waals surface area (Å²) in [6, 6.07) is 17.4. The van der Waals surface area contributed by atoms with Crippen LogP contribution < -0.4 is 10.1 Å². The molecule has 0 saturated heterocycles. The van der Waals surface area contributed by atoms with Crippen LogP contribution in [0.1, 0.15) is 35.0 Å². The fraction of sp³-hybridized carbons (Fsp3) is 0.231. The highest BCUT2D eigenvalue weighted by atomic mass is 16.5. The zero-order valence-corrected chi connectivity index (χ0v) is 18.6. The Balaban J connectivity index is 1.96. The van der Waals surface area contributed by atoms with Crippen molar-refractivity contribution in [3.8, 4) is 17.5 Å². The van der Waals surface area contributed by atoms with Crippen LogP contribution in [0, 0.1) is 32.1 Å². The second-order valence-corrected chi connectivity index (χ2v) is 7.45. The Bertz CT molecular complexity index is 1180. The minimum atomic E-state index is -0.442. The van der Waals surface area contributed by atoms with Gasteiger partial charge in [0.05, 0.1) is 12.8 Å². The van der Waals surface area contributed by atoms with E-state index in [0.29, 0.717) is 11.4 Å². The Kier molecular flexibility index (Phi) is 6.61. The maximum Gasteiger partial charge on any atom is 0.266 e. The Morgan fingerprint density at radius 2 is 1.87 bits per heavy atom. The van der Waals surface area contributed by atoms with Crippen LogP contribution in [0.2, 0.25) is 0 Å². The van der Waals surface area contributed by atoms with E-state index in [1.807, 2.05) is 26.0 Å². The zero-order chi connectivity index (χ0) is 22.5. The van der Waals surface area contributed by atoms with Gasteiger partial charge in [-0.3, -0.25) is 4.79 Å². The smallest absolute Gasteiger partial charge is 0.266 e. The van der Waals surface area contributed by atoms with Crippen molar-refractivity contribution in [2.24, 2.45) is 0 Å². The summed E-state index contributed by atoms with van der Waals surface area (Å²) in [7, 11) is 1.58. The molecule has 0 aliphatic carbocycles. The largest absolute Gasteiger partial charge is 0.497 e. The van der Waals surface area contributed by atoms with Crippen molar-refractivity contribution >= 4 is 17.7 Å². The molecule has 1 N–H and O–H groups in total. The molecule has 1 amide bonds. The molecule has 0 bridgehead atoms. The van der Waals surface area contributed by atoms with Gasteiger partial charge in [0.1, 0.15) is 17.4 Å². The van der Waals surface area contributed by atoms with Crippen LogP contribution in [0.15, 0.2) is 54.1 Å². The molecule has 0 aliphatic rings. The number of nitrogens with zero attached hydrogens (tertiary/aromatic N) is 2. The van der Waals surface area contributed by atoms with Crippen molar-refractivity contribution in [1.82, 2.24) is 4.57 Å². The predicted octanol–water partition coefficient (Wildman–Crippen LogP) is 5.52. The topological polar surface area (TPSA) is 67.0 Å². The van der Waals surface area contributed by atoms with Crippen LogP contribution >= 0.6 is 0 Å². The van der Waals surface area contributed by atoms with E-state index >= 15 is 0 Å². The fourth-order valence-electron chi connectivity index (χ4n) is 3.78. The van der Waals surface area contributed by atoms with E-state index in [-0.39, 0.29) is 5.57 Å². The number of amides is 1. The molecule has 0 radical (unpaired) electrons. The van der Waals surface area contributed by atoms with Gasteiger partial charge in [0, 0.05) is 17.1 Å². The summed E-state index contributed by atoms with van der Waals surface area (Å²) >= 11 is 0. The number of rotatable bonds is 6. The lowest BCUT2D eigenvalue weighted by Crippen LogP contribution is -2.13. The molecule has 5 heteroatoms. The maximum atomic E-state index is 12.7. The van der Waals surface area contributed by atoms with Crippen LogP contribution in [0.3, 0.4) is 0 Å². The van der Waals surface area contributed by atoms with Gasteiger partial charge in [0.2, 0.25) is 0 Å². The minimum Gasteiger partial charge on any atom is -0.497 e. The summed E-state index contributed by atoms with van der Waals surface area (Å²) in [5.41, 5.74) is 7.17. The predicted molar refractivity (Wildman–Crippen MR) is 125 cm³/mol. The maximum absolute atomic E-state index is 12.7. The number of anilines is 1. The first kappa shape index (κ1) is 21.9. The van der Waals surface area contributed by atoms with Gasteiger partial charge in [-0.1, -0.05) is 25.1 Å². The number of hydrogen-bond acceptors (Lipinski definition) is 3. The normalized spacial score (nSPS) is 11.2. The van der Waals surface area contributed by atoms with Gasteiger partial charge in [-0.05, 0) is 80.3 Å². The van der Waals surface area contributed by atoms with Crippen molar-refractivity contribution < 1.29 is 9.53 Å². The van der Waals surface area contributed by atoms with Gasteiger partial charge in [0.15, 0.2) is 0 Å². The van der Waals surface area contributed by atoms with Crippen LogP contribution in [0.5, 0.6) is 5.75 Å². The number of aryl methyl sites for hydroxylation is 3. The van der Waals surface area contributed by atoms with Crippen molar-refractivity contribution in [3.63, 3.8) is 0 Å². The number of benzene rings is 2. The number of nitrogens with one attached hydrogen (secondary N) is 1. The van der Waals surface area contributed by atoms with Crippen molar-refractivity contribution in [2.75, 3.05) is 12.4 Å². The third-order valence-corrected chi connectivity index (χ3v) is 5.41. The summed E-state index contributed by atoms with van der Waals surface area (Å²) in [4.78, 5) is 12.7. The van der Waals surface area contributed by atoms with E-state index in [9.17, 15) is 10.1 Å². The quantitative estimate of drug-likeness (QED) is 0.427.